The van der Waals surface area contributed by atoms with E-state index >= 15 is 0 Å². The van der Waals surface area contributed by atoms with Crippen LogP contribution in [0.4, 0.5) is 4.39 Å². The molecule has 4 aromatic rings. The van der Waals surface area contributed by atoms with Gasteiger partial charge in [0.15, 0.2) is 0 Å². The van der Waals surface area contributed by atoms with E-state index in [1.54, 1.807) is 24.0 Å². The summed E-state index contributed by atoms with van der Waals surface area (Å²) in [6.45, 7) is 4.41. The monoisotopic (exact) mass is 435 g/mol. The molecule has 5 nitrogen and oxygen atoms in total. The van der Waals surface area contributed by atoms with Gasteiger partial charge in [-0.3, -0.25) is 9.59 Å². The number of halogens is 1. The molecule has 0 radical (unpaired) electrons. The van der Waals surface area contributed by atoms with Crippen molar-refractivity contribution in [3.63, 3.8) is 0 Å². The van der Waals surface area contributed by atoms with Crippen LogP contribution >= 0.6 is 11.3 Å². The SMILES string of the molecule is CCN(Cc1cccc(F)c1)C(=O)c1sc2nc(Cc3ccccc3)[nH]c(=O)c2c1C. The fourth-order valence-electron chi connectivity index (χ4n) is 3.59. The minimum absolute atomic E-state index is 0.184. The highest BCUT2D eigenvalue weighted by Crippen LogP contribution is 2.29. The Morgan fingerprint density at radius 3 is 2.58 bits per heavy atom. The van der Waals surface area contributed by atoms with E-state index in [-0.39, 0.29) is 17.3 Å². The van der Waals surface area contributed by atoms with Crippen LogP contribution in [0.2, 0.25) is 0 Å². The number of carbonyl (C=O) groups excluding carboxylic acids is 1. The lowest BCUT2D eigenvalue weighted by Gasteiger charge is -2.20. The van der Waals surface area contributed by atoms with Crippen molar-refractivity contribution in [1.29, 1.82) is 0 Å². The second-order valence-corrected chi connectivity index (χ2v) is 8.36. The number of hydrogen-bond donors (Lipinski definition) is 1. The summed E-state index contributed by atoms with van der Waals surface area (Å²) in [7, 11) is 0. The summed E-state index contributed by atoms with van der Waals surface area (Å²) in [4.78, 5) is 36.2. The second-order valence-electron chi connectivity index (χ2n) is 7.36. The van der Waals surface area contributed by atoms with Crippen molar-refractivity contribution in [3.05, 3.63) is 98.2 Å². The molecule has 0 aliphatic heterocycles. The first-order valence-corrected chi connectivity index (χ1v) is 10.9. The molecule has 7 heteroatoms. The minimum atomic E-state index is -0.333. The van der Waals surface area contributed by atoms with Gasteiger partial charge in [0.2, 0.25) is 0 Å². The lowest BCUT2D eigenvalue weighted by atomic mass is 10.1. The molecule has 1 N–H and O–H groups in total. The highest BCUT2D eigenvalue weighted by atomic mass is 32.1. The number of fused-ring (bicyclic) bond motifs is 1. The van der Waals surface area contributed by atoms with Gasteiger partial charge in [0.25, 0.3) is 11.5 Å². The Balaban J connectivity index is 1.66. The molecule has 158 valence electrons. The van der Waals surface area contributed by atoms with Gasteiger partial charge in [-0.1, -0.05) is 42.5 Å². The predicted octanol–water partition coefficient (Wildman–Crippen LogP) is 4.69. The Kier molecular flexibility index (Phi) is 5.95. The Hall–Kier alpha value is -3.32. The molecule has 0 saturated heterocycles. The molecule has 0 fully saturated rings. The van der Waals surface area contributed by atoms with E-state index in [0.29, 0.717) is 46.0 Å². The Morgan fingerprint density at radius 1 is 1.13 bits per heavy atom. The molecular weight excluding hydrogens is 413 g/mol. The summed E-state index contributed by atoms with van der Waals surface area (Å²) in [6, 6.07) is 16.0. The average Bonchev–Trinajstić information content (AvgIpc) is 3.09. The van der Waals surface area contributed by atoms with E-state index in [2.05, 4.69) is 9.97 Å². The number of H-pyrrole nitrogens is 1. The zero-order valence-electron chi connectivity index (χ0n) is 17.3. The first kappa shape index (κ1) is 20.9. The van der Waals surface area contributed by atoms with Gasteiger partial charge in [-0.15, -0.1) is 11.3 Å². The molecule has 0 aliphatic carbocycles. The van der Waals surface area contributed by atoms with Crippen LogP contribution in [0.5, 0.6) is 0 Å². The Bertz CT molecular complexity index is 1300. The number of amides is 1. The normalized spacial score (nSPS) is 11.1. The minimum Gasteiger partial charge on any atom is -0.334 e. The van der Waals surface area contributed by atoms with Gasteiger partial charge < -0.3 is 9.88 Å². The lowest BCUT2D eigenvalue weighted by Crippen LogP contribution is -2.30. The third-order valence-corrected chi connectivity index (χ3v) is 6.36. The molecule has 4 rings (SSSR count). The highest BCUT2D eigenvalue weighted by Gasteiger charge is 2.23. The number of aromatic amines is 1. The number of thiophene rings is 1. The number of hydrogen-bond acceptors (Lipinski definition) is 4. The zero-order chi connectivity index (χ0) is 22.0. The zero-order valence-corrected chi connectivity index (χ0v) is 18.1. The maximum atomic E-state index is 13.5. The summed E-state index contributed by atoms with van der Waals surface area (Å²) in [5, 5.41) is 0.451. The van der Waals surface area contributed by atoms with Crippen molar-refractivity contribution in [1.82, 2.24) is 14.9 Å². The molecule has 2 aromatic heterocycles. The van der Waals surface area contributed by atoms with E-state index in [9.17, 15) is 14.0 Å². The summed E-state index contributed by atoms with van der Waals surface area (Å²) in [5.41, 5.74) is 2.15. The van der Waals surface area contributed by atoms with Gasteiger partial charge in [-0.05, 0) is 42.7 Å². The van der Waals surface area contributed by atoms with Gasteiger partial charge in [0.05, 0.1) is 10.3 Å². The molecule has 0 spiro atoms. The van der Waals surface area contributed by atoms with Crippen molar-refractivity contribution in [3.8, 4) is 0 Å². The average molecular weight is 436 g/mol. The van der Waals surface area contributed by atoms with Crippen molar-refractivity contribution < 1.29 is 9.18 Å². The van der Waals surface area contributed by atoms with Crippen LogP contribution in [0, 0.1) is 12.7 Å². The molecule has 2 aromatic carbocycles. The number of aryl methyl sites for hydroxylation is 1. The van der Waals surface area contributed by atoms with E-state index in [1.165, 1.54) is 23.5 Å². The molecule has 0 saturated carbocycles. The molecule has 0 unspecified atom stereocenters. The first-order chi connectivity index (χ1) is 15.0. The van der Waals surface area contributed by atoms with Crippen molar-refractivity contribution in [2.45, 2.75) is 26.8 Å². The molecule has 31 heavy (non-hydrogen) atoms. The van der Waals surface area contributed by atoms with E-state index < -0.39 is 0 Å². The van der Waals surface area contributed by atoms with Crippen LogP contribution in [-0.4, -0.2) is 27.3 Å². The second kappa shape index (κ2) is 8.81. The number of aromatic nitrogens is 2. The predicted molar refractivity (Wildman–Crippen MR) is 121 cm³/mol. The Morgan fingerprint density at radius 2 is 1.87 bits per heavy atom. The van der Waals surface area contributed by atoms with Crippen LogP contribution in [0.25, 0.3) is 10.2 Å². The maximum Gasteiger partial charge on any atom is 0.264 e. The van der Waals surface area contributed by atoms with Crippen LogP contribution in [0.15, 0.2) is 59.4 Å². The largest absolute Gasteiger partial charge is 0.334 e. The van der Waals surface area contributed by atoms with E-state index in [1.807, 2.05) is 37.3 Å². The summed E-state index contributed by atoms with van der Waals surface area (Å²) in [6.07, 6.45) is 0.507. The summed E-state index contributed by atoms with van der Waals surface area (Å²) in [5.74, 6) is 0.0491. The molecule has 0 bridgehead atoms. The van der Waals surface area contributed by atoms with Gasteiger partial charge >= 0.3 is 0 Å². The standard InChI is InChI=1S/C24H22FN3O2S/c1-3-28(14-17-10-7-11-18(25)12-17)24(30)21-15(2)20-22(29)26-19(27-23(20)31-21)13-16-8-5-4-6-9-16/h4-12H,3,13-14H2,1-2H3,(H,26,27,29). The number of nitrogens with one attached hydrogen (secondary N) is 1. The third-order valence-electron chi connectivity index (χ3n) is 5.19. The highest BCUT2D eigenvalue weighted by molar-refractivity contribution is 7.20. The third kappa shape index (κ3) is 4.41. The molecule has 1 amide bonds. The van der Waals surface area contributed by atoms with Gasteiger partial charge in [-0.2, -0.15) is 0 Å². The molecular formula is C24H22FN3O2S. The fraction of sp³-hybridized carbons (Fsp3) is 0.208. The summed E-state index contributed by atoms with van der Waals surface area (Å²) < 4.78 is 13.5. The van der Waals surface area contributed by atoms with Crippen molar-refractivity contribution in [2.24, 2.45) is 0 Å². The number of carbonyl (C=O) groups is 1. The topological polar surface area (TPSA) is 66.1 Å². The number of rotatable bonds is 6. The van der Waals surface area contributed by atoms with Crippen LogP contribution < -0.4 is 5.56 Å². The quantitative estimate of drug-likeness (QED) is 0.478. The Labute approximate surface area is 183 Å². The molecule has 0 atom stereocenters. The summed E-state index contributed by atoms with van der Waals surface area (Å²) >= 11 is 1.23. The van der Waals surface area contributed by atoms with Crippen molar-refractivity contribution in [2.75, 3.05) is 6.54 Å². The van der Waals surface area contributed by atoms with E-state index in [0.717, 1.165) is 11.1 Å². The van der Waals surface area contributed by atoms with Crippen LogP contribution in [0.3, 0.4) is 0 Å². The smallest absolute Gasteiger partial charge is 0.264 e. The molecule has 0 aliphatic rings. The molecule has 2 heterocycles. The van der Waals surface area contributed by atoms with E-state index in [4.69, 9.17) is 0 Å². The van der Waals surface area contributed by atoms with Gasteiger partial charge in [0, 0.05) is 19.5 Å². The van der Waals surface area contributed by atoms with Crippen LogP contribution in [-0.2, 0) is 13.0 Å². The fourth-order valence-corrected chi connectivity index (χ4v) is 4.76. The van der Waals surface area contributed by atoms with Gasteiger partial charge in [0.1, 0.15) is 16.5 Å². The maximum absolute atomic E-state index is 13.5. The van der Waals surface area contributed by atoms with Crippen molar-refractivity contribution >= 4 is 27.5 Å². The first-order valence-electron chi connectivity index (χ1n) is 10.1. The van der Waals surface area contributed by atoms with Gasteiger partial charge in [-0.25, -0.2) is 9.37 Å². The number of nitrogens with zero attached hydrogens (tertiary/aromatic N) is 2. The van der Waals surface area contributed by atoms with Crippen LogP contribution in [0.1, 0.15) is 39.1 Å². The number of benzene rings is 2. The lowest BCUT2D eigenvalue weighted by molar-refractivity contribution is 0.0756.